The van der Waals surface area contributed by atoms with Gasteiger partial charge < -0.3 is 4.74 Å². The Labute approximate surface area is 160 Å². The van der Waals surface area contributed by atoms with Crippen molar-refractivity contribution >= 4 is 5.97 Å². The second kappa shape index (κ2) is 7.90. The van der Waals surface area contributed by atoms with Crippen LogP contribution in [0.4, 0.5) is 8.78 Å². The first kappa shape index (κ1) is 19.7. The van der Waals surface area contributed by atoms with E-state index in [-0.39, 0.29) is 19.4 Å². The van der Waals surface area contributed by atoms with Crippen LogP contribution in [0.3, 0.4) is 0 Å². The summed E-state index contributed by atoms with van der Waals surface area (Å²) in [6.45, 7) is 1.70. The van der Waals surface area contributed by atoms with Gasteiger partial charge in [0, 0.05) is 29.3 Å². The van der Waals surface area contributed by atoms with Gasteiger partial charge in [0.15, 0.2) is 5.82 Å². The number of hydrogen-bond acceptors (Lipinski definition) is 5. The zero-order valence-electron chi connectivity index (χ0n) is 15.3. The Morgan fingerprint density at radius 1 is 1.36 bits per heavy atom. The summed E-state index contributed by atoms with van der Waals surface area (Å²) in [5.74, 6) is -3.48. The average Bonchev–Trinajstić information content (AvgIpc) is 2.94. The van der Waals surface area contributed by atoms with Crippen molar-refractivity contribution in [2.24, 2.45) is 10.5 Å². The van der Waals surface area contributed by atoms with Crippen LogP contribution in [-0.4, -0.2) is 34.5 Å². The molecule has 28 heavy (non-hydrogen) atoms. The van der Waals surface area contributed by atoms with Crippen molar-refractivity contribution in [2.45, 2.75) is 38.2 Å². The number of azide groups is 1. The molecule has 1 fully saturated rings. The summed E-state index contributed by atoms with van der Waals surface area (Å²) in [4.78, 5) is 23.5. The van der Waals surface area contributed by atoms with Gasteiger partial charge in [0.25, 0.3) is 5.92 Å². The fourth-order valence-corrected chi connectivity index (χ4v) is 3.65. The van der Waals surface area contributed by atoms with Gasteiger partial charge in [-0.25, -0.2) is 18.7 Å². The molecule has 0 N–H and O–H groups in total. The molecular formula is C19H19F2N5O2. The van der Waals surface area contributed by atoms with Gasteiger partial charge in [0.05, 0.1) is 12.0 Å². The number of nitrogens with zero attached hydrogens (tertiary/aromatic N) is 5. The maximum absolute atomic E-state index is 14.4. The lowest BCUT2D eigenvalue weighted by Gasteiger charge is -2.27. The minimum absolute atomic E-state index is 0.0412. The fraction of sp³-hybridized carbons (Fsp3) is 0.421. The Bertz CT molecular complexity index is 902. The summed E-state index contributed by atoms with van der Waals surface area (Å²) in [6.07, 6.45) is 2.26. The van der Waals surface area contributed by atoms with Gasteiger partial charge in [-0.05, 0) is 43.0 Å². The van der Waals surface area contributed by atoms with E-state index >= 15 is 0 Å². The molecule has 2 atom stereocenters. The number of esters is 1. The largest absolute Gasteiger partial charge is 0.466 e. The smallest absolute Gasteiger partial charge is 0.312 e. The highest BCUT2D eigenvalue weighted by Gasteiger charge is 2.60. The Balaban J connectivity index is 1.96. The van der Waals surface area contributed by atoms with Crippen LogP contribution in [0.15, 0.2) is 47.8 Å². The molecule has 0 spiro atoms. The SMILES string of the molecule is CCOC(=O)[C@]1(Cc2cccc(-c3ncccn3)c2)C[C@@H](N=[N+]=[N-])C(F)(F)C1. The molecular weight excluding hydrogens is 368 g/mol. The lowest BCUT2D eigenvalue weighted by Crippen LogP contribution is -2.34. The third-order valence-electron chi connectivity index (χ3n) is 4.84. The van der Waals surface area contributed by atoms with Crippen molar-refractivity contribution in [1.82, 2.24) is 9.97 Å². The molecule has 7 nitrogen and oxygen atoms in total. The van der Waals surface area contributed by atoms with E-state index in [0.29, 0.717) is 17.0 Å². The highest BCUT2D eigenvalue weighted by atomic mass is 19.3. The van der Waals surface area contributed by atoms with E-state index in [1.54, 1.807) is 43.6 Å². The van der Waals surface area contributed by atoms with Crippen molar-refractivity contribution in [3.8, 4) is 11.4 Å². The highest BCUT2D eigenvalue weighted by molar-refractivity contribution is 5.78. The molecule has 1 aliphatic rings. The van der Waals surface area contributed by atoms with Gasteiger partial charge in [0.2, 0.25) is 0 Å². The van der Waals surface area contributed by atoms with E-state index in [0.717, 1.165) is 0 Å². The third-order valence-corrected chi connectivity index (χ3v) is 4.84. The van der Waals surface area contributed by atoms with Gasteiger partial charge in [-0.3, -0.25) is 4.79 Å². The van der Waals surface area contributed by atoms with Crippen molar-refractivity contribution in [3.63, 3.8) is 0 Å². The van der Waals surface area contributed by atoms with E-state index in [4.69, 9.17) is 10.3 Å². The molecule has 9 heteroatoms. The number of carbonyl (C=O) groups is 1. The summed E-state index contributed by atoms with van der Waals surface area (Å²) in [6, 6.07) is 7.21. The van der Waals surface area contributed by atoms with Gasteiger partial charge in [-0.1, -0.05) is 23.3 Å². The molecule has 1 aliphatic carbocycles. The third kappa shape index (κ3) is 3.94. The molecule has 2 aromatic rings. The van der Waals surface area contributed by atoms with Gasteiger partial charge >= 0.3 is 5.97 Å². The van der Waals surface area contributed by atoms with Crippen LogP contribution in [0.2, 0.25) is 0 Å². The minimum atomic E-state index is -3.28. The number of rotatable bonds is 6. The lowest BCUT2D eigenvalue weighted by atomic mass is 9.79. The van der Waals surface area contributed by atoms with E-state index in [1.807, 2.05) is 6.07 Å². The Morgan fingerprint density at radius 3 is 2.79 bits per heavy atom. The molecule has 0 aliphatic heterocycles. The van der Waals surface area contributed by atoms with Crippen LogP contribution in [0, 0.1) is 5.41 Å². The quantitative estimate of drug-likeness (QED) is 0.318. The molecule has 146 valence electrons. The summed E-state index contributed by atoms with van der Waals surface area (Å²) in [5.41, 5.74) is 8.55. The van der Waals surface area contributed by atoms with Crippen LogP contribution in [0.25, 0.3) is 21.8 Å². The maximum atomic E-state index is 14.4. The zero-order valence-corrected chi connectivity index (χ0v) is 15.3. The number of carbonyl (C=O) groups excluding carboxylic acids is 1. The van der Waals surface area contributed by atoms with Crippen LogP contribution < -0.4 is 0 Å². The molecule has 0 radical (unpaired) electrons. The molecule has 0 bridgehead atoms. The van der Waals surface area contributed by atoms with Crippen molar-refractivity contribution < 1.29 is 18.3 Å². The standard InChI is InChI=1S/C19H19F2N5O2/c1-2-28-17(27)18(11-15(25-26-22)19(20,21)12-18)10-13-5-3-6-14(9-13)16-23-7-4-8-24-16/h3-9,15H,2,10-12H2,1H3/t15-,18-/m1/s1. The van der Waals surface area contributed by atoms with Gasteiger partial charge in [-0.15, -0.1) is 0 Å². The topological polar surface area (TPSA) is 101 Å². The van der Waals surface area contributed by atoms with Crippen molar-refractivity contribution in [2.75, 3.05) is 6.61 Å². The highest BCUT2D eigenvalue weighted by Crippen LogP contribution is 2.51. The predicted octanol–water partition coefficient (Wildman–Crippen LogP) is 4.34. The fourth-order valence-electron chi connectivity index (χ4n) is 3.65. The lowest BCUT2D eigenvalue weighted by molar-refractivity contribution is -0.156. The van der Waals surface area contributed by atoms with Crippen molar-refractivity contribution in [1.29, 1.82) is 0 Å². The number of halogens is 2. The first-order valence-electron chi connectivity index (χ1n) is 8.86. The molecule has 1 heterocycles. The van der Waals surface area contributed by atoms with E-state index in [1.165, 1.54) is 0 Å². The van der Waals surface area contributed by atoms with E-state index < -0.39 is 29.8 Å². The van der Waals surface area contributed by atoms with E-state index in [2.05, 4.69) is 20.0 Å². The molecule has 3 rings (SSSR count). The maximum Gasteiger partial charge on any atom is 0.312 e. The number of hydrogen-bond donors (Lipinski definition) is 0. The average molecular weight is 387 g/mol. The summed E-state index contributed by atoms with van der Waals surface area (Å²) in [7, 11) is 0. The molecule has 1 aromatic heterocycles. The molecule has 0 unspecified atom stereocenters. The van der Waals surface area contributed by atoms with Crippen LogP contribution in [0.5, 0.6) is 0 Å². The Kier molecular flexibility index (Phi) is 5.56. The van der Waals surface area contributed by atoms with Crippen molar-refractivity contribution in [3.05, 3.63) is 58.7 Å². The van der Waals surface area contributed by atoms with Gasteiger partial charge in [-0.2, -0.15) is 0 Å². The van der Waals surface area contributed by atoms with Crippen LogP contribution >= 0.6 is 0 Å². The Morgan fingerprint density at radius 2 is 2.11 bits per heavy atom. The van der Waals surface area contributed by atoms with Crippen LogP contribution in [0.1, 0.15) is 25.3 Å². The number of alkyl halides is 2. The summed E-state index contributed by atoms with van der Waals surface area (Å²) >= 11 is 0. The Hall–Kier alpha value is -3.06. The molecule has 0 saturated heterocycles. The molecule has 1 saturated carbocycles. The minimum Gasteiger partial charge on any atom is -0.466 e. The second-order valence-corrected chi connectivity index (χ2v) is 6.81. The number of benzene rings is 1. The normalized spacial score (nSPS) is 23.0. The first-order valence-corrected chi connectivity index (χ1v) is 8.86. The summed E-state index contributed by atoms with van der Waals surface area (Å²) < 4.78 is 34.0. The molecule has 1 aromatic carbocycles. The molecule has 0 amide bonds. The monoisotopic (exact) mass is 387 g/mol. The first-order chi connectivity index (χ1) is 13.4. The second-order valence-electron chi connectivity index (χ2n) is 6.81. The number of aromatic nitrogens is 2. The summed E-state index contributed by atoms with van der Waals surface area (Å²) in [5, 5.41) is 3.22. The zero-order chi connectivity index (χ0) is 20.2. The van der Waals surface area contributed by atoms with Crippen LogP contribution in [-0.2, 0) is 16.0 Å². The predicted molar refractivity (Wildman–Crippen MR) is 97.4 cm³/mol. The van der Waals surface area contributed by atoms with Gasteiger partial charge in [0.1, 0.15) is 6.04 Å². The number of ether oxygens (including phenoxy) is 1. The van der Waals surface area contributed by atoms with E-state index in [9.17, 15) is 13.6 Å².